The van der Waals surface area contributed by atoms with Crippen molar-refractivity contribution < 1.29 is 0 Å². The summed E-state index contributed by atoms with van der Waals surface area (Å²) in [6, 6.07) is 0.681. The van der Waals surface area contributed by atoms with Crippen LogP contribution in [0.2, 0.25) is 0 Å². The topological polar surface area (TPSA) is 29.3 Å². The zero-order valence-corrected chi connectivity index (χ0v) is 12.3. The zero-order chi connectivity index (χ0) is 12.9. The summed E-state index contributed by atoms with van der Waals surface area (Å²) in [7, 11) is 2.28. The zero-order valence-electron chi connectivity index (χ0n) is 12.3. The molecule has 1 saturated carbocycles. The van der Waals surface area contributed by atoms with Crippen LogP contribution in [0.15, 0.2) is 0 Å². The molecule has 1 aliphatic carbocycles. The second kappa shape index (κ2) is 6.75. The molecule has 2 nitrogen and oxygen atoms in total. The van der Waals surface area contributed by atoms with Gasteiger partial charge in [-0.15, -0.1) is 0 Å². The van der Waals surface area contributed by atoms with Crippen LogP contribution < -0.4 is 5.73 Å². The van der Waals surface area contributed by atoms with E-state index in [1.807, 2.05) is 0 Å². The second-order valence-electron chi connectivity index (χ2n) is 6.66. The molecule has 2 heteroatoms. The van der Waals surface area contributed by atoms with Crippen LogP contribution in [0, 0.1) is 11.3 Å². The molecule has 0 bridgehead atoms. The minimum absolute atomic E-state index is 0.415. The minimum atomic E-state index is 0.415. The van der Waals surface area contributed by atoms with Gasteiger partial charge in [0.2, 0.25) is 0 Å². The molecule has 2 N–H and O–H groups in total. The molecule has 17 heavy (non-hydrogen) atoms. The lowest BCUT2D eigenvalue weighted by molar-refractivity contribution is 0.0988. The third-order valence-electron chi connectivity index (χ3n) is 4.50. The van der Waals surface area contributed by atoms with Crippen LogP contribution in [-0.2, 0) is 0 Å². The quantitative estimate of drug-likeness (QED) is 0.772. The van der Waals surface area contributed by atoms with E-state index in [4.69, 9.17) is 5.73 Å². The summed E-state index contributed by atoms with van der Waals surface area (Å²) < 4.78 is 0. The molecule has 0 aromatic heterocycles. The fourth-order valence-corrected chi connectivity index (χ4v) is 3.28. The van der Waals surface area contributed by atoms with Crippen molar-refractivity contribution in [3.63, 3.8) is 0 Å². The Kier molecular flexibility index (Phi) is 5.94. The van der Waals surface area contributed by atoms with Crippen LogP contribution in [0.1, 0.15) is 59.3 Å². The Bertz CT molecular complexity index is 207. The fraction of sp³-hybridized carbons (Fsp3) is 1.00. The van der Waals surface area contributed by atoms with Crippen molar-refractivity contribution in [2.45, 2.75) is 65.3 Å². The number of nitrogens with zero attached hydrogens (tertiary/aromatic N) is 1. The Morgan fingerprint density at radius 1 is 1.12 bits per heavy atom. The van der Waals surface area contributed by atoms with Gasteiger partial charge < -0.3 is 10.6 Å². The Hall–Kier alpha value is -0.0800. The highest BCUT2D eigenvalue weighted by atomic mass is 15.1. The third kappa shape index (κ3) is 4.59. The van der Waals surface area contributed by atoms with Gasteiger partial charge in [0.1, 0.15) is 0 Å². The van der Waals surface area contributed by atoms with Gasteiger partial charge in [-0.2, -0.15) is 0 Å². The van der Waals surface area contributed by atoms with E-state index < -0.39 is 0 Å². The van der Waals surface area contributed by atoms with Crippen LogP contribution in [0.4, 0.5) is 0 Å². The first-order valence-corrected chi connectivity index (χ1v) is 7.39. The number of hydrogen-bond donors (Lipinski definition) is 1. The van der Waals surface area contributed by atoms with Crippen LogP contribution in [0.5, 0.6) is 0 Å². The van der Waals surface area contributed by atoms with Gasteiger partial charge in [0.25, 0.3) is 0 Å². The summed E-state index contributed by atoms with van der Waals surface area (Å²) in [6.07, 6.45) is 8.13. The van der Waals surface area contributed by atoms with E-state index in [0.717, 1.165) is 12.5 Å². The van der Waals surface area contributed by atoms with E-state index in [1.165, 1.54) is 45.1 Å². The minimum Gasteiger partial charge on any atom is -0.330 e. The van der Waals surface area contributed by atoms with Crippen molar-refractivity contribution in [1.82, 2.24) is 4.90 Å². The van der Waals surface area contributed by atoms with E-state index in [9.17, 15) is 0 Å². The maximum Gasteiger partial charge on any atom is 0.00665 e. The third-order valence-corrected chi connectivity index (χ3v) is 4.50. The van der Waals surface area contributed by atoms with Gasteiger partial charge in [0.15, 0.2) is 0 Å². The summed E-state index contributed by atoms with van der Waals surface area (Å²) >= 11 is 0. The van der Waals surface area contributed by atoms with Crippen LogP contribution in [-0.4, -0.2) is 31.1 Å². The molecular formula is C15H32N2. The number of hydrogen-bond acceptors (Lipinski definition) is 2. The maximum atomic E-state index is 6.06. The van der Waals surface area contributed by atoms with Crippen molar-refractivity contribution in [1.29, 1.82) is 0 Å². The number of rotatable bonds is 6. The summed E-state index contributed by atoms with van der Waals surface area (Å²) in [5.41, 5.74) is 6.48. The van der Waals surface area contributed by atoms with E-state index >= 15 is 0 Å². The van der Waals surface area contributed by atoms with Gasteiger partial charge in [-0.05, 0) is 51.1 Å². The molecule has 0 spiro atoms. The van der Waals surface area contributed by atoms with Crippen LogP contribution >= 0.6 is 0 Å². The first kappa shape index (κ1) is 15.0. The summed E-state index contributed by atoms with van der Waals surface area (Å²) in [5, 5.41) is 0. The Balaban J connectivity index is 2.49. The molecule has 1 atom stereocenters. The van der Waals surface area contributed by atoms with E-state index in [0.29, 0.717) is 11.5 Å². The second-order valence-corrected chi connectivity index (χ2v) is 6.66. The SMILES string of the molecule is CC(C)CC(C)N(C)CC1(CN)CCCCC1. The summed E-state index contributed by atoms with van der Waals surface area (Å²) in [6.45, 7) is 9.03. The smallest absolute Gasteiger partial charge is 0.00665 e. The molecule has 1 aliphatic rings. The fourth-order valence-electron chi connectivity index (χ4n) is 3.28. The lowest BCUT2D eigenvalue weighted by Crippen LogP contribution is -2.45. The molecule has 0 radical (unpaired) electrons. The van der Waals surface area contributed by atoms with Crippen LogP contribution in [0.25, 0.3) is 0 Å². The van der Waals surface area contributed by atoms with Crippen LogP contribution in [0.3, 0.4) is 0 Å². The van der Waals surface area contributed by atoms with Crippen molar-refractivity contribution in [2.24, 2.45) is 17.1 Å². The first-order valence-electron chi connectivity index (χ1n) is 7.39. The molecule has 102 valence electrons. The lowest BCUT2D eigenvalue weighted by atomic mass is 9.73. The maximum absolute atomic E-state index is 6.06. The van der Waals surface area contributed by atoms with Gasteiger partial charge in [-0.3, -0.25) is 0 Å². The molecule has 0 aromatic carbocycles. The van der Waals surface area contributed by atoms with Crippen molar-refractivity contribution >= 4 is 0 Å². The first-order chi connectivity index (χ1) is 7.99. The molecule has 0 aliphatic heterocycles. The highest BCUT2D eigenvalue weighted by Crippen LogP contribution is 2.36. The van der Waals surface area contributed by atoms with Gasteiger partial charge in [-0.25, -0.2) is 0 Å². The van der Waals surface area contributed by atoms with Crippen molar-refractivity contribution in [3.05, 3.63) is 0 Å². The summed E-state index contributed by atoms with van der Waals surface area (Å²) in [5.74, 6) is 0.785. The number of nitrogens with two attached hydrogens (primary N) is 1. The highest BCUT2D eigenvalue weighted by molar-refractivity contribution is 4.87. The Morgan fingerprint density at radius 3 is 2.18 bits per heavy atom. The Labute approximate surface area is 108 Å². The molecular weight excluding hydrogens is 208 g/mol. The molecule has 0 saturated heterocycles. The van der Waals surface area contributed by atoms with Gasteiger partial charge in [0.05, 0.1) is 0 Å². The normalized spacial score (nSPS) is 22.1. The van der Waals surface area contributed by atoms with E-state index in [-0.39, 0.29) is 0 Å². The largest absolute Gasteiger partial charge is 0.330 e. The molecule has 0 amide bonds. The molecule has 1 unspecified atom stereocenters. The highest BCUT2D eigenvalue weighted by Gasteiger charge is 2.32. The predicted molar refractivity (Wildman–Crippen MR) is 76.1 cm³/mol. The van der Waals surface area contributed by atoms with E-state index in [2.05, 4.69) is 32.7 Å². The summed E-state index contributed by atoms with van der Waals surface area (Å²) in [4.78, 5) is 2.54. The van der Waals surface area contributed by atoms with Crippen molar-refractivity contribution in [2.75, 3.05) is 20.1 Å². The van der Waals surface area contributed by atoms with Gasteiger partial charge >= 0.3 is 0 Å². The molecule has 1 rings (SSSR count). The molecule has 0 heterocycles. The standard InChI is InChI=1S/C15H32N2/c1-13(2)10-14(3)17(4)12-15(11-16)8-6-5-7-9-15/h13-14H,5-12,16H2,1-4H3. The lowest BCUT2D eigenvalue weighted by Gasteiger charge is -2.41. The van der Waals surface area contributed by atoms with Crippen molar-refractivity contribution in [3.8, 4) is 0 Å². The Morgan fingerprint density at radius 2 is 1.71 bits per heavy atom. The van der Waals surface area contributed by atoms with Gasteiger partial charge in [0, 0.05) is 12.6 Å². The average molecular weight is 240 g/mol. The predicted octanol–water partition coefficient (Wildman–Crippen LogP) is 3.26. The average Bonchev–Trinajstić information content (AvgIpc) is 2.29. The van der Waals surface area contributed by atoms with Gasteiger partial charge in [-0.1, -0.05) is 33.1 Å². The van der Waals surface area contributed by atoms with E-state index in [1.54, 1.807) is 0 Å². The molecule has 1 fully saturated rings. The molecule has 0 aromatic rings. The monoisotopic (exact) mass is 240 g/mol.